The molecular formula is C16H21N5O4S2. The molecule has 9 nitrogen and oxygen atoms in total. The number of anilines is 1. The van der Waals surface area contributed by atoms with Crippen molar-refractivity contribution < 1.29 is 13.3 Å². The summed E-state index contributed by atoms with van der Waals surface area (Å²) in [6.45, 7) is 7.28. The molecule has 1 aromatic heterocycles. The van der Waals surface area contributed by atoms with Crippen molar-refractivity contribution in [3.8, 4) is 0 Å². The van der Waals surface area contributed by atoms with E-state index >= 15 is 0 Å². The lowest BCUT2D eigenvalue weighted by Crippen LogP contribution is -2.48. The van der Waals surface area contributed by atoms with E-state index in [9.17, 15) is 18.5 Å². The van der Waals surface area contributed by atoms with E-state index in [1.807, 2.05) is 18.7 Å². The van der Waals surface area contributed by atoms with Gasteiger partial charge in [0.05, 0.1) is 9.82 Å². The molecule has 1 aliphatic rings. The van der Waals surface area contributed by atoms with Gasteiger partial charge in [0.1, 0.15) is 5.82 Å². The van der Waals surface area contributed by atoms with Crippen LogP contribution in [-0.2, 0) is 10.0 Å². The lowest BCUT2D eigenvalue weighted by molar-refractivity contribution is -0.385. The number of hydrogen-bond acceptors (Lipinski definition) is 8. The first kappa shape index (κ1) is 19.6. The Morgan fingerprint density at radius 3 is 2.44 bits per heavy atom. The number of nitro groups is 1. The van der Waals surface area contributed by atoms with Crippen molar-refractivity contribution in [1.82, 2.24) is 13.7 Å². The molecule has 2 aromatic rings. The Labute approximate surface area is 162 Å². The number of nitrogens with zero attached hydrogens (tertiary/aromatic N) is 5. The van der Waals surface area contributed by atoms with Crippen molar-refractivity contribution in [3.63, 3.8) is 0 Å². The van der Waals surface area contributed by atoms with Crippen LogP contribution in [0.4, 0.5) is 10.8 Å². The summed E-state index contributed by atoms with van der Waals surface area (Å²) >= 11 is 1.32. The molecule has 0 saturated carbocycles. The monoisotopic (exact) mass is 411 g/mol. The second kappa shape index (κ2) is 7.49. The minimum Gasteiger partial charge on any atom is -0.344 e. The zero-order chi connectivity index (χ0) is 19.8. The van der Waals surface area contributed by atoms with Crippen LogP contribution in [0, 0.1) is 17.0 Å². The molecule has 2 heterocycles. The minimum absolute atomic E-state index is 0.0110. The number of nitro benzene ring substituents is 1. The Balaban J connectivity index is 1.76. The van der Waals surface area contributed by atoms with E-state index in [-0.39, 0.29) is 16.5 Å². The SMILES string of the molecule is Cc1ccc([N+](=O)[O-])cc1S(=O)(=O)N1CCN(c2nc(C(C)C)ns2)CC1. The second-order valence-corrected chi connectivity index (χ2v) is 9.32. The fraction of sp³-hybridized carbons (Fsp3) is 0.500. The summed E-state index contributed by atoms with van der Waals surface area (Å²) in [5.74, 6) is 1.03. The van der Waals surface area contributed by atoms with Gasteiger partial charge in [0.25, 0.3) is 5.69 Å². The molecule has 0 N–H and O–H groups in total. The van der Waals surface area contributed by atoms with Gasteiger partial charge in [-0.1, -0.05) is 19.9 Å². The third-order valence-electron chi connectivity index (χ3n) is 4.46. The highest BCUT2D eigenvalue weighted by molar-refractivity contribution is 7.89. The van der Waals surface area contributed by atoms with E-state index in [4.69, 9.17) is 0 Å². The number of aryl methyl sites for hydroxylation is 1. The first-order valence-electron chi connectivity index (χ1n) is 8.54. The van der Waals surface area contributed by atoms with Crippen LogP contribution in [0.5, 0.6) is 0 Å². The fourth-order valence-electron chi connectivity index (χ4n) is 2.83. The summed E-state index contributed by atoms with van der Waals surface area (Å²) in [7, 11) is -3.79. The fourth-order valence-corrected chi connectivity index (χ4v) is 5.35. The Kier molecular flexibility index (Phi) is 5.45. The molecule has 1 aliphatic heterocycles. The van der Waals surface area contributed by atoms with Crippen LogP contribution in [-0.4, -0.2) is 53.2 Å². The van der Waals surface area contributed by atoms with Crippen molar-refractivity contribution in [1.29, 1.82) is 0 Å². The average Bonchev–Trinajstić information content (AvgIpc) is 3.12. The van der Waals surface area contributed by atoms with Gasteiger partial charge < -0.3 is 4.90 Å². The van der Waals surface area contributed by atoms with Crippen LogP contribution in [0.1, 0.15) is 31.2 Å². The number of non-ortho nitro benzene ring substituents is 1. The van der Waals surface area contributed by atoms with Gasteiger partial charge in [0, 0.05) is 55.8 Å². The standard InChI is InChI=1S/C16H21N5O4S2/c1-11(2)15-17-16(26-18-15)19-6-8-20(9-7-19)27(24,25)14-10-13(21(22)23)5-4-12(14)3/h4-5,10-11H,6-9H2,1-3H3. The molecule has 27 heavy (non-hydrogen) atoms. The second-order valence-electron chi connectivity index (χ2n) is 6.69. The molecule has 0 amide bonds. The van der Waals surface area contributed by atoms with E-state index in [2.05, 4.69) is 9.36 Å². The smallest absolute Gasteiger partial charge is 0.270 e. The molecule has 11 heteroatoms. The molecule has 146 valence electrons. The van der Waals surface area contributed by atoms with E-state index in [1.54, 1.807) is 6.92 Å². The van der Waals surface area contributed by atoms with Gasteiger partial charge >= 0.3 is 0 Å². The van der Waals surface area contributed by atoms with Crippen LogP contribution in [0.2, 0.25) is 0 Å². The largest absolute Gasteiger partial charge is 0.344 e. The van der Waals surface area contributed by atoms with Gasteiger partial charge in [-0.2, -0.15) is 8.68 Å². The Morgan fingerprint density at radius 1 is 1.22 bits per heavy atom. The quantitative estimate of drug-likeness (QED) is 0.549. The maximum Gasteiger partial charge on any atom is 0.270 e. The van der Waals surface area contributed by atoms with Gasteiger partial charge in [-0.25, -0.2) is 13.4 Å². The number of hydrogen-bond donors (Lipinski definition) is 0. The number of sulfonamides is 1. The van der Waals surface area contributed by atoms with E-state index in [1.165, 1.54) is 28.0 Å². The molecular weight excluding hydrogens is 390 g/mol. The first-order chi connectivity index (χ1) is 12.7. The van der Waals surface area contributed by atoms with Crippen molar-refractivity contribution in [3.05, 3.63) is 39.7 Å². The average molecular weight is 412 g/mol. The summed E-state index contributed by atoms with van der Waals surface area (Å²) < 4.78 is 31.7. The molecule has 1 saturated heterocycles. The zero-order valence-electron chi connectivity index (χ0n) is 15.3. The van der Waals surface area contributed by atoms with Crippen molar-refractivity contribution in [2.75, 3.05) is 31.1 Å². The van der Waals surface area contributed by atoms with E-state index in [0.717, 1.165) is 17.0 Å². The van der Waals surface area contributed by atoms with Crippen molar-refractivity contribution >= 4 is 32.4 Å². The number of rotatable bonds is 5. The Hall–Kier alpha value is -2.11. The van der Waals surface area contributed by atoms with Crippen LogP contribution in [0.15, 0.2) is 23.1 Å². The normalized spacial score (nSPS) is 16.1. The lowest BCUT2D eigenvalue weighted by atomic mass is 10.2. The Bertz CT molecular complexity index is 949. The van der Waals surface area contributed by atoms with Gasteiger partial charge in [0.2, 0.25) is 15.2 Å². The van der Waals surface area contributed by atoms with Crippen LogP contribution >= 0.6 is 11.5 Å². The highest BCUT2D eigenvalue weighted by atomic mass is 32.2. The summed E-state index contributed by atoms with van der Waals surface area (Å²) in [6, 6.07) is 3.92. The van der Waals surface area contributed by atoms with Gasteiger partial charge in [0.15, 0.2) is 0 Å². The predicted octanol–water partition coefficient (Wildman–Crippen LogP) is 2.39. The van der Waals surface area contributed by atoms with E-state index < -0.39 is 14.9 Å². The maximum atomic E-state index is 13.0. The van der Waals surface area contributed by atoms with Crippen LogP contribution in [0.25, 0.3) is 0 Å². The van der Waals surface area contributed by atoms with Gasteiger partial charge in [-0.3, -0.25) is 10.1 Å². The summed E-state index contributed by atoms with van der Waals surface area (Å²) in [4.78, 5) is 16.9. The summed E-state index contributed by atoms with van der Waals surface area (Å²) in [5.41, 5.74) is 0.265. The number of benzene rings is 1. The topological polar surface area (TPSA) is 110 Å². The highest BCUT2D eigenvalue weighted by Gasteiger charge is 2.31. The number of aromatic nitrogens is 2. The molecule has 0 spiro atoms. The van der Waals surface area contributed by atoms with Gasteiger partial charge in [-0.05, 0) is 12.5 Å². The molecule has 0 bridgehead atoms. The first-order valence-corrected chi connectivity index (χ1v) is 10.7. The third-order valence-corrected chi connectivity index (χ3v) is 7.29. The third kappa shape index (κ3) is 3.94. The minimum atomic E-state index is -3.79. The lowest BCUT2D eigenvalue weighted by Gasteiger charge is -2.33. The van der Waals surface area contributed by atoms with Crippen molar-refractivity contribution in [2.45, 2.75) is 31.6 Å². The van der Waals surface area contributed by atoms with Crippen LogP contribution < -0.4 is 4.90 Å². The maximum absolute atomic E-state index is 13.0. The number of piperazine rings is 1. The molecule has 1 fully saturated rings. The van der Waals surface area contributed by atoms with Gasteiger partial charge in [-0.15, -0.1) is 0 Å². The van der Waals surface area contributed by atoms with Crippen LogP contribution in [0.3, 0.4) is 0 Å². The molecule has 0 aliphatic carbocycles. The zero-order valence-corrected chi connectivity index (χ0v) is 17.0. The van der Waals surface area contributed by atoms with Crippen molar-refractivity contribution in [2.24, 2.45) is 0 Å². The highest BCUT2D eigenvalue weighted by Crippen LogP contribution is 2.27. The molecule has 3 rings (SSSR count). The predicted molar refractivity (Wildman–Crippen MR) is 103 cm³/mol. The Morgan fingerprint density at radius 2 is 1.89 bits per heavy atom. The summed E-state index contributed by atoms with van der Waals surface area (Å²) in [6.07, 6.45) is 0. The molecule has 1 aromatic carbocycles. The summed E-state index contributed by atoms with van der Waals surface area (Å²) in [5, 5.41) is 11.8. The molecule has 0 radical (unpaired) electrons. The van der Waals surface area contributed by atoms with E-state index in [0.29, 0.717) is 31.7 Å². The molecule has 0 atom stereocenters. The molecule has 0 unspecified atom stereocenters.